The van der Waals surface area contributed by atoms with E-state index in [4.69, 9.17) is 20.3 Å². The van der Waals surface area contributed by atoms with Crippen molar-refractivity contribution < 1.29 is 15.0 Å². The number of nitrogens with zero attached hydrogens (tertiary/aromatic N) is 1. The number of rotatable bonds is 0. The van der Waals surface area contributed by atoms with E-state index >= 15 is 0 Å². The molecule has 2 N–H and O–H groups in total. The second-order valence-electron chi connectivity index (χ2n) is 0.912. The molecule has 4 heteroatoms. The minimum atomic E-state index is -1.83. The molecule has 0 saturated heterocycles. The third kappa shape index (κ3) is 526. The summed E-state index contributed by atoms with van der Waals surface area (Å²) in [5, 5.41) is 21.7. The van der Waals surface area contributed by atoms with Gasteiger partial charge in [-0.05, 0) is 6.92 Å². The predicted octanol–water partition coefficient (Wildman–Crippen LogP) is 1.31. The van der Waals surface area contributed by atoms with Gasteiger partial charge in [0.05, 0.1) is 6.07 Å². The molecule has 0 aliphatic carbocycles. The Morgan fingerprint density at radius 1 is 1.67 bits per heavy atom. The fourth-order valence-electron chi connectivity index (χ4n) is 0.0745. The first-order valence-electron chi connectivity index (χ1n) is 2.07. The van der Waals surface area contributed by atoms with Crippen molar-refractivity contribution in [1.29, 1.82) is 5.26 Å². The summed E-state index contributed by atoms with van der Waals surface area (Å²) in [5.41, 5.74) is 0. The van der Waals surface area contributed by atoms with Gasteiger partial charge in [-0.1, -0.05) is 6.08 Å². The van der Waals surface area contributed by atoms with Crippen molar-refractivity contribution in [2.45, 2.75) is 6.92 Å². The number of nitriles is 1. The maximum absolute atomic E-state index is 8.56. The Kier molecular flexibility index (Phi) is 11.3. The van der Waals surface area contributed by atoms with Gasteiger partial charge in [0.2, 0.25) is 0 Å². The lowest BCUT2D eigenvalue weighted by Crippen LogP contribution is -1.81. The maximum Gasteiger partial charge on any atom is 0.503 e. The molecule has 0 spiro atoms. The Morgan fingerprint density at radius 3 is 2.00 bits per heavy atom. The van der Waals surface area contributed by atoms with Crippen LogP contribution in [0.15, 0.2) is 12.2 Å². The molecule has 0 radical (unpaired) electrons. The van der Waals surface area contributed by atoms with Gasteiger partial charge in [-0.3, -0.25) is 0 Å². The molecule has 0 bridgehead atoms. The molecule has 0 aliphatic rings. The SMILES string of the molecule is C/C=C/C#N.O=C(O)O. The van der Waals surface area contributed by atoms with Gasteiger partial charge in [0, 0.05) is 6.08 Å². The number of hydrogen-bond donors (Lipinski definition) is 2. The summed E-state index contributed by atoms with van der Waals surface area (Å²) in [6, 6.07) is 1.84. The smallest absolute Gasteiger partial charge is 0.450 e. The Labute approximate surface area is 52.7 Å². The van der Waals surface area contributed by atoms with Gasteiger partial charge in [0.15, 0.2) is 0 Å². The molecule has 9 heavy (non-hydrogen) atoms. The van der Waals surface area contributed by atoms with Gasteiger partial charge in [-0.25, -0.2) is 4.79 Å². The van der Waals surface area contributed by atoms with Crippen LogP contribution in [0, 0.1) is 11.3 Å². The molecule has 0 atom stereocenters. The highest BCUT2D eigenvalue weighted by Crippen LogP contribution is 1.58. The molecular formula is C5H7NO3. The highest BCUT2D eigenvalue weighted by molar-refractivity contribution is 5.53. The Hall–Kier alpha value is -1.50. The van der Waals surface area contributed by atoms with Crippen molar-refractivity contribution in [3.05, 3.63) is 12.2 Å². The average Bonchev–Trinajstić information content (AvgIpc) is 1.66. The molecule has 0 fully saturated rings. The molecule has 0 amide bonds. The van der Waals surface area contributed by atoms with E-state index in [0.29, 0.717) is 0 Å². The molecular weight excluding hydrogens is 122 g/mol. The van der Waals surface area contributed by atoms with Gasteiger partial charge in [0.1, 0.15) is 0 Å². The molecule has 0 heterocycles. The normalized spacial score (nSPS) is 7.11. The van der Waals surface area contributed by atoms with Crippen LogP contribution in [-0.4, -0.2) is 16.4 Å². The van der Waals surface area contributed by atoms with Crippen LogP contribution in [-0.2, 0) is 0 Å². The lowest BCUT2D eigenvalue weighted by Gasteiger charge is -1.60. The molecule has 0 unspecified atom stereocenters. The van der Waals surface area contributed by atoms with Gasteiger partial charge >= 0.3 is 6.16 Å². The maximum atomic E-state index is 8.56. The van der Waals surface area contributed by atoms with E-state index in [1.54, 1.807) is 6.08 Å². The van der Waals surface area contributed by atoms with Crippen LogP contribution in [0.1, 0.15) is 6.92 Å². The van der Waals surface area contributed by atoms with E-state index < -0.39 is 6.16 Å². The van der Waals surface area contributed by atoms with Crippen molar-refractivity contribution in [1.82, 2.24) is 0 Å². The third-order valence-corrected chi connectivity index (χ3v) is 0.241. The quantitative estimate of drug-likeness (QED) is 0.483. The minimum Gasteiger partial charge on any atom is -0.450 e. The van der Waals surface area contributed by atoms with Crippen LogP contribution < -0.4 is 0 Å². The molecule has 0 aromatic rings. The first-order chi connectivity index (χ1) is 4.15. The first kappa shape index (κ1) is 10.5. The van der Waals surface area contributed by atoms with Crippen LogP contribution in [0.25, 0.3) is 0 Å². The molecule has 0 rings (SSSR count). The van der Waals surface area contributed by atoms with Crippen molar-refractivity contribution in [3.8, 4) is 6.07 Å². The number of carboxylic acid groups (broad SMARTS) is 2. The zero-order valence-electron chi connectivity index (χ0n) is 4.90. The van der Waals surface area contributed by atoms with E-state index in [-0.39, 0.29) is 0 Å². The number of allylic oxidation sites excluding steroid dienone is 2. The zero-order valence-corrected chi connectivity index (χ0v) is 4.90. The minimum absolute atomic E-state index is 1.43. The summed E-state index contributed by atoms with van der Waals surface area (Å²) in [6.07, 6.45) is 1.29. The Morgan fingerprint density at radius 2 is 2.00 bits per heavy atom. The summed E-state index contributed by atoms with van der Waals surface area (Å²) in [5.74, 6) is 0. The van der Waals surface area contributed by atoms with E-state index in [0.717, 1.165) is 0 Å². The second-order valence-corrected chi connectivity index (χ2v) is 0.912. The van der Waals surface area contributed by atoms with Gasteiger partial charge < -0.3 is 10.2 Å². The zero-order chi connectivity index (χ0) is 7.70. The van der Waals surface area contributed by atoms with Gasteiger partial charge in [-0.15, -0.1) is 0 Å². The van der Waals surface area contributed by atoms with E-state index in [1.165, 1.54) is 6.08 Å². The summed E-state index contributed by atoms with van der Waals surface area (Å²) in [7, 11) is 0. The van der Waals surface area contributed by atoms with Gasteiger partial charge in [0.25, 0.3) is 0 Å². The summed E-state index contributed by atoms with van der Waals surface area (Å²) in [4.78, 5) is 8.56. The molecule has 0 saturated carbocycles. The van der Waals surface area contributed by atoms with Crippen LogP contribution in [0.5, 0.6) is 0 Å². The monoisotopic (exact) mass is 129 g/mol. The van der Waals surface area contributed by atoms with Crippen LogP contribution >= 0.6 is 0 Å². The number of carbonyl (C=O) groups is 1. The predicted molar refractivity (Wildman–Crippen MR) is 31.1 cm³/mol. The van der Waals surface area contributed by atoms with Crippen LogP contribution in [0.2, 0.25) is 0 Å². The molecule has 4 nitrogen and oxygen atoms in total. The summed E-state index contributed by atoms with van der Waals surface area (Å²) < 4.78 is 0. The fraction of sp³-hybridized carbons (Fsp3) is 0.200. The molecule has 0 aromatic heterocycles. The van der Waals surface area contributed by atoms with E-state index in [2.05, 4.69) is 0 Å². The summed E-state index contributed by atoms with van der Waals surface area (Å²) in [6.45, 7) is 1.81. The average molecular weight is 129 g/mol. The highest BCUT2D eigenvalue weighted by atomic mass is 16.6. The first-order valence-corrected chi connectivity index (χ1v) is 2.07. The molecule has 50 valence electrons. The van der Waals surface area contributed by atoms with E-state index in [1.807, 2.05) is 13.0 Å². The second kappa shape index (κ2) is 9.71. The standard InChI is InChI=1S/C4H5N.CH2O3/c1-2-3-4-5;2-1(3)4/h2-3H,1H3;(H2,2,3,4)/b3-2+;. The summed E-state index contributed by atoms with van der Waals surface area (Å²) >= 11 is 0. The van der Waals surface area contributed by atoms with Crippen molar-refractivity contribution in [2.24, 2.45) is 0 Å². The largest absolute Gasteiger partial charge is 0.503 e. The Balaban J connectivity index is 0. The van der Waals surface area contributed by atoms with Crippen molar-refractivity contribution in [3.63, 3.8) is 0 Å². The van der Waals surface area contributed by atoms with Crippen molar-refractivity contribution >= 4 is 6.16 Å². The molecule has 0 aliphatic heterocycles. The van der Waals surface area contributed by atoms with Crippen molar-refractivity contribution in [2.75, 3.05) is 0 Å². The Bertz CT molecular complexity index is 130. The van der Waals surface area contributed by atoms with Crippen LogP contribution in [0.3, 0.4) is 0 Å². The third-order valence-electron chi connectivity index (χ3n) is 0.241. The number of hydrogen-bond acceptors (Lipinski definition) is 2. The van der Waals surface area contributed by atoms with Crippen LogP contribution in [0.4, 0.5) is 4.79 Å². The van der Waals surface area contributed by atoms with E-state index in [9.17, 15) is 0 Å². The molecule has 0 aromatic carbocycles. The van der Waals surface area contributed by atoms with Gasteiger partial charge in [-0.2, -0.15) is 5.26 Å². The highest BCUT2D eigenvalue weighted by Gasteiger charge is 1.70. The lowest BCUT2D eigenvalue weighted by molar-refractivity contribution is 0.137. The lowest BCUT2D eigenvalue weighted by atomic mass is 10.6. The topological polar surface area (TPSA) is 81.3 Å². The fourth-order valence-corrected chi connectivity index (χ4v) is 0.0745.